The van der Waals surface area contributed by atoms with Gasteiger partial charge in [-0.3, -0.25) is 4.79 Å². The third-order valence-electron chi connectivity index (χ3n) is 4.83. The van der Waals surface area contributed by atoms with E-state index < -0.39 is 0 Å². The summed E-state index contributed by atoms with van der Waals surface area (Å²) in [6.45, 7) is 1.02. The van der Waals surface area contributed by atoms with E-state index in [0.29, 0.717) is 0 Å². The molecule has 26 heavy (non-hydrogen) atoms. The molecule has 2 aromatic carbocycles. The predicted molar refractivity (Wildman–Crippen MR) is 98.3 cm³/mol. The van der Waals surface area contributed by atoms with Crippen LogP contribution < -0.4 is 14.2 Å². The van der Waals surface area contributed by atoms with Crippen molar-refractivity contribution in [3.8, 4) is 17.2 Å². The molecule has 1 atom stereocenters. The lowest BCUT2D eigenvalue weighted by Gasteiger charge is -2.24. The van der Waals surface area contributed by atoms with E-state index in [9.17, 15) is 4.79 Å². The highest BCUT2D eigenvalue weighted by Crippen LogP contribution is 2.34. The van der Waals surface area contributed by atoms with Crippen LogP contribution in [0.25, 0.3) is 6.08 Å². The molecular formula is C21H21NO4. The molecule has 2 aliphatic rings. The summed E-state index contributed by atoms with van der Waals surface area (Å²) in [6.07, 6.45) is 5.43. The first-order valence-electron chi connectivity index (χ1n) is 8.77. The van der Waals surface area contributed by atoms with Gasteiger partial charge in [0.15, 0.2) is 11.5 Å². The van der Waals surface area contributed by atoms with Crippen molar-refractivity contribution in [2.75, 3.05) is 20.4 Å². The topological polar surface area (TPSA) is 48.0 Å². The van der Waals surface area contributed by atoms with Crippen LogP contribution in [0.3, 0.4) is 0 Å². The molecule has 0 spiro atoms. The molecule has 4 rings (SSSR count). The van der Waals surface area contributed by atoms with Crippen molar-refractivity contribution in [2.45, 2.75) is 18.9 Å². The van der Waals surface area contributed by atoms with Crippen molar-refractivity contribution >= 4 is 12.0 Å². The Balaban J connectivity index is 1.49. The molecule has 2 aliphatic heterocycles. The molecular weight excluding hydrogens is 330 g/mol. The summed E-state index contributed by atoms with van der Waals surface area (Å²) < 4.78 is 16.0. The van der Waals surface area contributed by atoms with Gasteiger partial charge in [-0.15, -0.1) is 0 Å². The molecule has 0 aromatic heterocycles. The van der Waals surface area contributed by atoms with Crippen molar-refractivity contribution in [1.29, 1.82) is 0 Å². The van der Waals surface area contributed by atoms with E-state index in [2.05, 4.69) is 6.07 Å². The fourth-order valence-electron chi connectivity index (χ4n) is 3.51. The van der Waals surface area contributed by atoms with Crippen LogP contribution in [0, 0.1) is 0 Å². The zero-order valence-electron chi connectivity index (χ0n) is 14.7. The van der Waals surface area contributed by atoms with Gasteiger partial charge in [-0.2, -0.15) is 0 Å². The maximum absolute atomic E-state index is 12.7. The molecule has 2 aromatic rings. The van der Waals surface area contributed by atoms with E-state index in [-0.39, 0.29) is 18.7 Å². The second-order valence-electron chi connectivity index (χ2n) is 6.41. The maximum Gasteiger partial charge on any atom is 0.247 e. The number of ether oxygens (including phenoxy) is 3. The van der Waals surface area contributed by atoms with Crippen LogP contribution in [0.2, 0.25) is 0 Å². The molecule has 1 amide bonds. The molecule has 1 unspecified atom stereocenters. The van der Waals surface area contributed by atoms with Gasteiger partial charge in [0.25, 0.3) is 0 Å². The predicted octanol–water partition coefficient (Wildman–Crippen LogP) is 3.80. The molecule has 1 fully saturated rings. The number of benzene rings is 2. The van der Waals surface area contributed by atoms with Crippen LogP contribution in [0.4, 0.5) is 0 Å². The van der Waals surface area contributed by atoms with Gasteiger partial charge in [0.05, 0.1) is 13.2 Å². The standard InChI is InChI=1S/C21H21NO4/c1-24-17-5-2-4-16(13-17)18-6-3-11-22(18)21(23)10-8-15-7-9-19-20(12-15)26-14-25-19/h2,4-5,7-10,12-13,18H,3,6,11,14H2,1H3/b10-8+. The Kier molecular flexibility index (Phi) is 4.52. The number of hydrogen-bond acceptors (Lipinski definition) is 4. The molecule has 2 heterocycles. The summed E-state index contributed by atoms with van der Waals surface area (Å²) in [5.74, 6) is 2.30. The van der Waals surface area contributed by atoms with Crippen LogP contribution >= 0.6 is 0 Å². The molecule has 0 saturated carbocycles. The lowest BCUT2D eigenvalue weighted by Crippen LogP contribution is -2.28. The van der Waals surface area contributed by atoms with E-state index in [1.165, 1.54) is 0 Å². The number of fused-ring (bicyclic) bond motifs is 1. The highest BCUT2D eigenvalue weighted by atomic mass is 16.7. The molecule has 134 valence electrons. The van der Waals surface area contributed by atoms with E-state index in [4.69, 9.17) is 14.2 Å². The van der Waals surface area contributed by atoms with Gasteiger partial charge in [0, 0.05) is 12.6 Å². The molecule has 0 aliphatic carbocycles. The van der Waals surface area contributed by atoms with E-state index in [1.54, 1.807) is 13.2 Å². The number of rotatable bonds is 4. The van der Waals surface area contributed by atoms with Gasteiger partial charge in [-0.25, -0.2) is 0 Å². The number of carbonyl (C=O) groups is 1. The Morgan fingerprint density at radius 1 is 1.19 bits per heavy atom. The van der Waals surface area contributed by atoms with Gasteiger partial charge < -0.3 is 19.1 Å². The first-order valence-corrected chi connectivity index (χ1v) is 8.77. The van der Waals surface area contributed by atoms with Gasteiger partial charge in [0.1, 0.15) is 5.75 Å². The number of carbonyl (C=O) groups excluding carboxylic acids is 1. The van der Waals surface area contributed by atoms with E-state index >= 15 is 0 Å². The van der Waals surface area contributed by atoms with Crippen molar-refractivity contribution in [3.63, 3.8) is 0 Å². The van der Waals surface area contributed by atoms with Gasteiger partial charge in [0.2, 0.25) is 12.7 Å². The lowest BCUT2D eigenvalue weighted by atomic mass is 10.0. The summed E-state index contributed by atoms with van der Waals surface area (Å²) in [5.41, 5.74) is 2.03. The molecule has 0 radical (unpaired) electrons. The summed E-state index contributed by atoms with van der Waals surface area (Å²) in [5, 5.41) is 0. The van der Waals surface area contributed by atoms with E-state index in [1.807, 2.05) is 47.4 Å². The molecule has 5 nitrogen and oxygen atoms in total. The molecule has 5 heteroatoms. The monoisotopic (exact) mass is 351 g/mol. The number of methoxy groups -OCH3 is 1. The fraction of sp³-hybridized carbons (Fsp3) is 0.286. The Bertz CT molecular complexity index is 846. The number of hydrogen-bond donors (Lipinski definition) is 0. The van der Waals surface area contributed by atoms with Crippen molar-refractivity contribution in [1.82, 2.24) is 4.90 Å². The highest BCUT2D eigenvalue weighted by molar-refractivity contribution is 5.92. The van der Waals surface area contributed by atoms with E-state index in [0.717, 1.165) is 47.8 Å². The summed E-state index contributed by atoms with van der Waals surface area (Å²) in [7, 11) is 1.66. The van der Waals surface area contributed by atoms with Gasteiger partial charge in [-0.1, -0.05) is 18.2 Å². The van der Waals surface area contributed by atoms with Gasteiger partial charge in [-0.05, 0) is 54.3 Å². The normalized spacial score (nSPS) is 18.5. The fourth-order valence-corrected chi connectivity index (χ4v) is 3.51. The summed E-state index contributed by atoms with van der Waals surface area (Å²) in [6, 6.07) is 13.7. The summed E-state index contributed by atoms with van der Waals surface area (Å²) >= 11 is 0. The number of likely N-dealkylation sites (tertiary alicyclic amines) is 1. The Morgan fingerprint density at radius 3 is 2.96 bits per heavy atom. The minimum atomic E-state index is 0.0213. The summed E-state index contributed by atoms with van der Waals surface area (Å²) in [4.78, 5) is 14.7. The van der Waals surface area contributed by atoms with Crippen molar-refractivity contribution in [3.05, 3.63) is 59.7 Å². The van der Waals surface area contributed by atoms with Crippen LogP contribution in [-0.2, 0) is 4.79 Å². The molecule has 0 N–H and O–H groups in total. The minimum absolute atomic E-state index is 0.0213. The average Bonchev–Trinajstić information content (AvgIpc) is 3.35. The highest BCUT2D eigenvalue weighted by Gasteiger charge is 2.28. The van der Waals surface area contributed by atoms with Crippen LogP contribution in [0.5, 0.6) is 17.2 Å². The second-order valence-corrected chi connectivity index (χ2v) is 6.41. The quantitative estimate of drug-likeness (QED) is 0.786. The average molecular weight is 351 g/mol. The maximum atomic E-state index is 12.7. The van der Waals surface area contributed by atoms with Gasteiger partial charge >= 0.3 is 0 Å². The lowest BCUT2D eigenvalue weighted by molar-refractivity contribution is -0.126. The molecule has 0 bridgehead atoms. The first kappa shape index (κ1) is 16.5. The zero-order valence-corrected chi connectivity index (χ0v) is 14.7. The SMILES string of the molecule is COc1cccc(C2CCCN2C(=O)/C=C/c2ccc3c(c2)OCO3)c1. The Hall–Kier alpha value is -2.95. The third kappa shape index (κ3) is 3.25. The Labute approximate surface area is 152 Å². The molecule has 1 saturated heterocycles. The minimum Gasteiger partial charge on any atom is -0.497 e. The van der Waals surface area contributed by atoms with Crippen LogP contribution in [0.15, 0.2) is 48.5 Å². The first-order chi connectivity index (χ1) is 12.7. The van der Waals surface area contributed by atoms with Crippen LogP contribution in [0.1, 0.15) is 30.0 Å². The zero-order chi connectivity index (χ0) is 17.9. The van der Waals surface area contributed by atoms with Crippen molar-refractivity contribution < 1.29 is 19.0 Å². The van der Waals surface area contributed by atoms with Crippen LogP contribution in [-0.4, -0.2) is 31.3 Å². The smallest absolute Gasteiger partial charge is 0.247 e. The largest absolute Gasteiger partial charge is 0.497 e. The second kappa shape index (κ2) is 7.12. The van der Waals surface area contributed by atoms with Crippen molar-refractivity contribution in [2.24, 2.45) is 0 Å². The number of amides is 1. The number of nitrogens with zero attached hydrogens (tertiary/aromatic N) is 1. The third-order valence-corrected chi connectivity index (χ3v) is 4.83. The Morgan fingerprint density at radius 2 is 2.08 bits per heavy atom.